The number of barbiturate groups is 1. The van der Waals surface area contributed by atoms with Gasteiger partial charge in [0.25, 0.3) is 11.8 Å². The molecule has 1 fully saturated rings. The summed E-state index contributed by atoms with van der Waals surface area (Å²) in [5.74, 6) is -0.404. The second-order valence-electron chi connectivity index (χ2n) is 6.46. The van der Waals surface area contributed by atoms with Gasteiger partial charge in [0.1, 0.15) is 22.8 Å². The van der Waals surface area contributed by atoms with Crippen molar-refractivity contribution in [1.29, 1.82) is 0 Å². The van der Waals surface area contributed by atoms with Gasteiger partial charge in [-0.15, -0.1) is 0 Å². The SMILES string of the molecule is COc1ccc(N2C(=O)NC(=O)/C(=C/c3ccc(-c4cccc(Cl)c4Cl)o3)C2=O)cc1. The van der Waals surface area contributed by atoms with Gasteiger partial charge < -0.3 is 9.15 Å². The molecular formula is C22H14Cl2N2O5. The fraction of sp³-hybridized carbons (Fsp3) is 0.0455. The topological polar surface area (TPSA) is 88.8 Å². The number of rotatable bonds is 4. The fourth-order valence-electron chi connectivity index (χ4n) is 3.03. The molecule has 1 aromatic heterocycles. The van der Waals surface area contributed by atoms with Gasteiger partial charge in [-0.1, -0.05) is 29.3 Å². The van der Waals surface area contributed by atoms with E-state index in [1.54, 1.807) is 42.5 Å². The summed E-state index contributed by atoms with van der Waals surface area (Å²) in [5.41, 5.74) is 0.592. The highest BCUT2D eigenvalue weighted by molar-refractivity contribution is 6.43. The quantitative estimate of drug-likeness (QED) is 0.444. The number of nitrogens with zero attached hydrogens (tertiary/aromatic N) is 1. The van der Waals surface area contributed by atoms with Crippen LogP contribution < -0.4 is 15.0 Å². The first-order valence-electron chi connectivity index (χ1n) is 8.99. The Bertz CT molecular complexity index is 1230. The van der Waals surface area contributed by atoms with Crippen LogP contribution in [-0.4, -0.2) is 25.0 Å². The summed E-state index contributed by atoms with van der Waals surface area (Å²) in [4.78, 5) is 38.4. The standard InChI is InChI=1S/C22H14Cl2N2O5/c1-30-13-7-5-12(6-8-13)26-21(28)16(20(27)25-22(26)29)11-14-9-10-18(31-14)15-3-2-4-17(23)19(15)24/h2-11H,1H3,(H,25,27,29)/b16-11-. The number of carbonyl (C=O) groups is 3. The van der Waals surface area contributed by atoms with E-state index in [9.17, 15) is 14.4 Å². The molecule has 3 aromatic rings. The Morgan fingerprint density at radius 2 is 1.74 bits per heavy atom. The summed E-state index contributed by atoms with van der Waals surface area (Å²) in [7, 11) is 1.50. The summed E-state index contributed by atoms with van der Waals surface area (Å²) in [5, 5.41) is 2.85. The van der Waals surface area contributed by atoms with Crippen LogP contribution in [0.2, 0.25) is 10.0 Å². The van der Waals surface area contributed by atoms with Crippen molar-refractivity contribution in [3.8, 4) is 17.1 Å². The highest BCUT2D eigenvalue weighted by atomic mass is 35.5. The molecule has 2 heterocycles. The van der Waals surface area contributed by atoms with Crippen molar-refractivity contribution in [1.82, 2.24) is 5.32 Å². The number of ether oxygens (including phenoxy) is 1. The van der Waals surface area contributed by atoms with Crippen LogP contribution in [-0.2, 0) is 9.59 Å². The summed E-state index contributed by atoms with van der Waals surface area (Å²) < 4.78 is 10.8. The number of benzene rings is 2. The number of amides is 4. The first-order chi connectivity index (χ1) is 14.9. The summed E-state index contributed by atoms with van der Waals surface area (Å²) in [6, 6.07) is 13.7. The molecule has 7 nitrogen and oxygen atoms in total. The molecule has 9 heteroatoms. The molecule has 4 rings (SSSR count). The fourth-order valence-corrected chi connectivity index (χ4v) is 3.43. The highest BCUT2D eigenvalue weighted by Gasteiger charge is 2.37. The van der Waals surface area contributed by atoms with Crippen molar-refractivity contribution < 1.29 is 23.5 Å². The van der Waals surface area contributed by atoms with Crippen LogP contribution in [0.3, 0.4) is 0 Å². The predicted octanol–water partition coefficient (Wildman–Crippen LogP) is 4.93. The molecule has 0 saturated carbocycles. The number of hydrogen-bond acceptors (Lipinski definition) is 5. The Morgan fingerprint density at radius 1 is 1.00 bits per heavy atom. The second-order valence-corrected chi connectivity index (χ2v) is 7.24. The molecule has 0 unspecified atom stereocenters. The smallest absolute Gasteiger partial charge is 0.335 e. The van der Waals surface area contributed by atoms with Gasteiger partial charge in [0.15, 0.2) is 0 Å². The average Bonchev–Trinajstić information content (AvgIpc) is 3.22. The predicted molar refractivity (Wildman–Crippen MR) is 116 cm³/mol. The molecule has 0 bridgehead atoms. The van der Waals surface area contributed by atoms with Crippen molar-refractivity contribution in [3.63, 3.8) is 0 Å². The normalized spacial score (nSPS) is 15.4. The van der Waals surface area contributed by atoms with Gasteiger partial charge in [0.2, 0.25) is 0 Å². The zero-order valence-electron chi connectivity index (χ0n) is 16.0. The van der Waals surface area contributed by atoms with E-state index in [0.29, 0.717) is 27.1 Å². The molecule has 1 N–H and O–H groups in total. The first kappa shape index (κ1) is 20.7. The molecule has 0 atom stereocenters. The van der Waals surface area contributed by atoms with Crippen LogP contribution >= 0.6 is 23.2 Å². The minimum absolute atomic E-state index is 0.230. The monoisotopic (exact) mass is 456 g/mol. The minimum Gasteiger partial charge on any atom is -0.497 e. The zero-order chi connectivity index (χ0) is 22.1. The van der Waals surface area contributed by atoms with E-state index < -0.39 is 17.8 Å². The molecule has 0 aliphatic carbocycles. The largest absolute Gasteiger partial charge is 0.497 e. The van der Waals surface area contributed by atoms with Crippen molar-refractivity contribution in [3.05, 3.63) is 76.0 Å². The van der Waals surface area contributed by atoms with E-state index in [2.05, 4.69) is 5.32 Å². The molecule has 1 aliphatic heterocycles. The Kier molecular flexibility index (Phi) is 5.54. The molecule has 31 heavy (non-hydrogen) atoms. The van der Waals surface area contributed by atoms with Crippen LogP contribution in [0, 0.1) is 0 Å². The van der Waals surface area contributed by atoms with Gasteiger partial charge in [-0.05, 0) is 54.6 Å². The molecule has 0 radical (unpaired) electrons. The van der Waals surface area contributed by atoms with Gasteiger partial charge in [0, 0.05) is 5.56 Å². The van der Waals surface area contributed by atoms with Crippen LogP contribution in [0.1, 0.15) is 5.76 Å². The summed E-state index contributed by atoms with van der Waals surface area (Å²) >= 11 is 12.3. The van der Waals surface area contributed by atoms with E-state index in [4.69, 9.17) is 32.4 Å². The van der Waals surface area contributed by atoms with E-state index in [-0.39, 0.29) is 17.0 Å². The number of urea groups is 1. The van der Waals surface area contributed by atoms with Gasteiger partial charge in [-0.2, -0.15) is 0 Å². The molecule has 2 aromatic carbocycles. The van der Waals surface area contributed by atoms with Crippen LogP contribution in [0.4, 0.5) is 10.5 Å². The molecule has 4 amide bonds. The Hall–Kier alpha value is -3.55. The third kappa shape index (κ3) is 3.93. The van der Waals surface area contributed by atoms with E-state index in [0.717, 1.165) is 4.90 Å². The van der Waals surface area contributed by atoms with Crippen molar-refractivity contribution in [2.45, 2.75) is 0 Å². The number of methoxy groups -OCH3 is 1. The van der Waals surface area contributed by atoms with E-state index in [1.165, 1.54) is 25.3 Å². The molecule has 1 saturated heterocycles. The number of carbonyl (C=O) groups excluding carboxylic acids is 3. The summed E-state index contributed by atoms with van der Waals surface area (Å²) in [6.45, 7) is 0. The maximum atomic E-state index is 12.9. The lowest BCUT2D eigenvalue weighted by molar-refractivity contribution is -0.122. The van der Waals surface area contributed by atoms with E-state index in [1.807, 2.05) is 0 Å². The van der Waals surface area contributed by atoms with Crippen molar-refractivity contribution in [2.24, 2.45) is 0 Å². The lowest BCUT2D eigenvalue weighted by atomic mass is 10.1. The lowest BCUT2D eigenvalue weighted by Crippen LogP contribution is -2.54. The number of nitrogens with one attached hydrogen (secondary N) is 1. The average molecular weight is 457 g/mol. The Balaban J connectivity index is 1.67. The maximum absolute atomic E-state index is 12.9. The second kappa shape index (κ2) is 8.29. The molecule has 0 spiro atoms. The lowest BCUT2D eigenvalue weighted by Gasteiger charge is -2.26. The van der Waals surface area contributed by atoms with Gasteiger partial charge in [0.05, 0.1) is 22.8 Å². The number of hydrogen-bond donors (Lipinski definition) is 1. The number of furan rings is 1. The van der Waals surface area contributed by atoms with Crippen LogP contribution in [0.25, 0.3) is 17.4 Å². The molecular weight excluding hydrogens is 443 g/mol. The van der Waals surface area contributed by atoms with Crippen LogP contribution in [0.15, 0.2) is 64.6 Å². The van der Waals surface area contributed by atoms with Crippen LogP contribution in [0.5, 0.6) is 5.75 Å². The number of anilines is 1. The van der Waals surface area contributed by atoms with Crippen molar-refractivity contribution >= 4 is 52.8 Å². The molecule has 156 valence electrons. The molecule has 1 aliphatic rings. The minimum atomic E-state index is -0.844. The maximum Gasteiger partial charge on any atom is 0.335 e. The van der Waals surface area contributed by atoms with Gasteiger partial charge >= 0.3 is 6.03 Å². The third-order valence-electron chi connectivity index (χ3n) is 4.56. The third-order valence-corrected chi connectivity index (χ3v) is 5.38. The Labute approximate surface area is 186 Å². The van der Waals surface area contributed by atoms with Crippen molar-refractivity contribution in [2.75, 3.05) is 12.0 Å². The zero-order valence-corrected chi connectivity index (χ0v) is 17.5. The number of imide groups is 2. The van der Waals surface area contributed by atoms with Gasteiger partial charge in [-0.25, -0.2) is 9.69 Å². The summed E-state index contributed by atoms with van der Waals surface area (Å²) in [6.07, 6.45) is 1.27. The first-order valence-corrected chi connectivity index (χ1v) is 9.74. The number of halogens is 2. The Morgan fingerprint density at radius 3 is 2.45 bits per heavy atom. The van der Waals surface area contributed by atoms with E-state index >= 15 is 0 Å². The van der Waals surface area contributed by atoms with Gasteiger partial charge in [-0.3, -0.25) is 14.9 Å². The highest BCUT2D eigenvalue weighted by Crippen LogP contribution is 2.35.